The fourth-order valence-electron chi connectivity index (χ4n) is 8.03. The lowest BCUT2D eigenvalue weighted by Crippen LogP contribution is -2.54. The van der Waals surface area contributed by atoms with Gasteiger partial charge in [-0.25, -0.2) is 0 Å². The van der Waals surface area contributed by atoms with E-state index in [2.05, 4.69) is 13.8 Å². The molecule has 160 valence electrons. The van der Waals surface area contributed by atoms with Gasteiger partial charge in [0.1, 0.15) is 6.61 Å². The standard InChI is InChI=1S/C22H36O5S/c1-21-10-8-15(23)12-14(21)4-5-16-17-6-7-19(20(24)13-27-28(3,25)26)22(17,2)11-9-18(16)21/h14-19,23H,4-13H2,1-3H3/t14-,15+,16-,17-,18-,19+,21-,22-/m0/s1. The normalized spacial score (nSPS) is 48.4. The molecule has 0 aromatic carbocycles. The van der Waals surface area contributed by atoms with Crippen LogP contribution in [0.1, 0.15) is 71.6 Å². The zero-order chi connectivity index (χ0) is 20.3. The van der Waals surface area contributed by atoms with Crippen LogP contribution in [0.4, 0.5) is 0 Å². The van der Waals surface area contributed by atoms with Crippen LogP contribution in [0.25, 0.3) is 0 Å². The second-order valence-electron chi connectivity index (χ2n) is 10.7. The van der Waals surface area contributed by atoms with Crippen molar-refractivity contribution < 1.29 is 22.5 Å². The van der Waals surface area contributed by atoms with Crippen LogP contribution in [-0.4, -0.2) is 38.3 Å². The lowest BCUT2D eigenvalue weighted by Gasteiger charge is -2.60. The first-order chi connectivity index (χ1) is 13.0. The summed E-state index contributed by atoms with van der Waals surface area (Å²) in [6.07, 6.45) is 10.5. The third-order valence-corrected chi connectivity index (χ3v) is 9.99. The average molecular weight is 413 g/mol. The van der Waals surface area contributed by atoms with Crippen LogP contribution in [0.2, 0.25) is 0 Å². The van der Waals surface area contributed by atoms with Gasteiger partial charge in [0.15, 0.2) is 5.78 Å². The highest BCUT2D eigenvalue weighted by atomic mass is 32.2. The number of aliphatic hydroxyl groups excluding tert-OH is 1. The largest absolute Gasteiger partial charge is 0.393 e. The highest BCUT2D eigenvalue weighted by Crippen LogP contribution is 2.67. The van der Waals surface area contributed by atoms with Crippen LogP contribution >= 0.6 is 0 Å². The van der Waals surface area contributed by atoms with Crippen LogP contribution in [0, 0.1) is 40.4 Å². The molecule has 4 aliphatic carbocycles. The summed E-state index contributed by atoms with van der Waals surface area (Å²) >= 11 is 0. The zero-order valence-corrected chi connectivity index (χ0v) is 18.3. The Hall–Kier alpha value is -0.460. The van der Waals surface area contributed by atoms with Crippen LogP contribution in [0.3, 0.4) is 0 Å². The van der Waals surface area contributed by atoms with E-state index in [1.165, 1.54) is 12.8 Å². The summed E-state index contributed by atoms with van der Waals surface area (Å²) in [6, 6.07) is 0. The Morgan fingerprint density at radius 1 is 1.00 bits per heavy atom. The quantitative estimate of drug-likeness (QED) is 0.714. The SMILES string of the molecule is C[C@]12CC[C@@H](O)C[C@@H]1CC[C@@H]1[C@@H]2CC[C@]2(C)[C@@H](C(=O)COS(C)(=O)=O)CC[C@@H]12. The van der Waals surface area contributed by atoms with Crippen molar-refractivity contribution in [1.29, 1.82) is 0 Å². The van der Waals surface area contributed by atoms with Gasteiger partial charge in [-0.3, -0.25) is 8.98 Å². The van der Waals surface area contributed by atoms with Crippen molar-refractivity contribution in [3.05, 3.63) is 0 Å². The van der Waals surface area contributed by atoms with Crippen molar-refractivity contribution in [1.82, 2.24) is 0 Å². The Morgan fingerprint density at radius 3 is 2.39 bits per heavy atom. The van der Waals surface area contributed by atoms with Crippen molar-refractivity contribution >= 4 is 15.9 Å². The number of carbonyl (C=O) groups is 1. The third kappa shape index (κ3) is 3.37. The van der Waals surface area contributed by atoms with Crippen LogP contribution in [0.5, 0.6) is 0 Å². The topological polar surface area (TPSA) is 80.7 Å². The molecule has 0 aromatic rings. The van der Waals surface area contributed by atoms with Gasteiger partial charge in [-0.15, -0.1) is 0 Å². The number of rotatable bonds is 4. The first-order valence-corrected chi connectivity index (χ1v) is 12.9. The van der Waals surface area contributed by atoms with Crippen LogP contribution < -0.4 is 0 Å². The number of ketones is 1. The van der Waals surface area contributed by atoms with Gasteiger partial charge in [0.05, 0.1) is 12.4 Å². The summed E-state index contributed by atoms with van der Waals surface area (Å²) < 4.78 is 27.4. The van der Waals surface area contributed by atoms with Gasteiger partial charge in [-0.05, 0) is 92.3 Å². The summed E-state index contributed by atoms with van der Waals surface area (Å²) in [5, 5.41) is 10.2. The number of hydrogen-bond acceptors (Lipinski definition) is 5. The molecule has 0 aromatic heterocycles. The Morgan fingerprint density at radius 2 is 1.68 bits per heavy atom. The predicted octanol–water partition coefficient (Wildman–Crippen LogP) is 3.55. The number of Topliss-reactive ketones (excluding diaryl/α,β-unsaturated/α-hetero) is 1. The van der Waals surface area contributed by atoms with Gasteiger partial charge < -0.3 is 5.11 Å². The number of aliphatic hydroxyl groups is 1. The minimum absolute atomic E-state index is 0.0174. The fourth-order valence-corrected chi connectivity index (χ4v) is 8.36. The molecule has 0 spiro atoms. The number of hydrogen-bond donors (Lipinski definition) is 1. The van der Waals surface area contributed by atoms with E-state index in [1.807, 2.05) is 0 Å². The van der Waals surface area contributed by atoms with E-state index in [4.69, 9.17) is 4.18 Å². The summed E-state index contributed by atoms with van der Waals surface area (Å²) in [5.41, 5.74) is 0.321. The molecule has 0 radical (unpaired) electrons. The fraction of sp³-hybridized carbons (Fsp3) is 0.955. The molecule has 0 heterocycles. The van der Waals surface area contributed by atoms with Gasteiger partial charge in [-0.1, -0.05) is 13.8 Å². The van der Waals surface area contributed by atoms with Crippen molar-refractivity contribution in [2.75, 3.05) is 12.9 Å². The Kier molecular flexibility index (Phi) is 5.24. The highest BCUT2D eigenvalue weighted by molar-refractivity contribution is 7.86. The van der Waals surface area contributed by atoms with E-state index in [-0.39, 0.29) is 29.8 Å². The maximum absolute atomic E-state index is 12.8. The van der Waals surface area contributed by atoms with E-state index >= 15 is 0 Å². The van der Waals surface area contributed by atoms with Crippen LogP contribution in [0.15, 0.2) is 0 Å². The Labute approximate surface area is 169 Å². The van der Waals surface area contributed by atoms with E-state index in [0.717, 1.165) is 51.2 Å². The lowest BCUT2D eigenvalue weighted by molar-refractivity contribution is -0.141. The summed E-state index contributed by atoms with van der Waals surface area (Å²) in [5.74, 6) is 2.47. The third-order valence-electron chi connectivity index (χ3n) is 9.44. The molecule has 1 N–H and O–H groups in total. The first-order valence-electron chi connectivity index (χ1n) is 11.1. The summed E-state index contributed by atoms with van der Waals surface area (Å²) in [7, 11) is -3.58. The van der Waals surface area contributed by atoms with Gasteiger partial charge in [0.25, 0.3) is 10.1 Å². The van der Waals surface area contributed by atoms with E-state index < -0.39 is 10.1 Å². The Bertz CT molecular complexity index is 733. The van der Waals surface area contributed by atoms with E-state index in [9.17, 15) is 18.3 Å². The van der Waals surface area contributed by atoms with Crippen LogP contribution in [-0.2, 0) is 19.1 Å². The van der Waals surface area contributed by atoms with E-state index in [1.54, 1.807) is 0 Å². The lowest BCUT2D eigenvalue weighted by atomic mass is 9.44. The van der Waals surface area contributed by atoms with Crippen molar-refractivity contribution in [3.63, 3.8) is 0 Å². The minimum Gasteiger partial charge on any atom is -0.393 e. The van der Waals surface area contributed by atoms with Crippen molar-refractivity contribution in [2.45, 2.75) is 77.7 Å². The molecule has 0 saturated heterocycles. The molecule has 0 amide bonds. The molecule has 28 heavy (non-hydrogen) atoms. The molecule has 4 fully saturated rings. The first kappa shape index (κ1) is 20.8. The number of fused-ring (bicyclic) bond motifs is 5. The van der Waals surface area contributed by atoms with Crippen molar-refractivity contribution in [2.24, 2.45) is 40.4 Å². The maximum Gasteiger partial charge on any atom is 0.264 e. The highest BCUT2D eigenvalue weighted by Gasteiger charge is 2.61. The molecule has 0 unspecified atom stereocenters. The smallest absolute Gasteiger partial charge is 0.264 e. The molecule has 8 atom stereocenters. The molecule has 5 nitrogen and oxygen atoms in total. The molecule has 0 bridgehead atoms. The van der Waals surface area contributed by atoms with Gasteiger partial charge in [0.2, 0.25) is 0 Å². The predicted molar refractivity (Wildman–Crippen MR) is 107 cm³/mol. The maximum atomic E-state index is 12.8. The van der Waals surface area contributed by atoms with Gasteiger partial charge >= 0.3 is 0 Å². The summed E-state index contributed by atoms with van der Waals surface area (Å²) in [4.78, 5) is 12.8. The molecule has 4 aliphatic rings. The summed E-state index contributed by atoms with van der Waals surface area (Å²) in [6.45, 7) is 4.45. The molecule has 4 rings (SSSR count). The molecular formula is C22H36O5S. The monoisotopic (exact) mass is 412 g/mol. The number of carbonyl (C=O) groups excluding carboxylic acids is 1. The average Bonchev–Trinajstić information content (AvgIpc) is 2.97. The van der Waals surface area contributed by atoms with Gasteiger partial charge in [-0.2, -0.15) is 8.42 Å². The van der Waals surface area contributed by atoms with Gasteiger partial charge in [0, 0.05) is 5.92 Å². The molecular weight excluding hydrogens is 376 g/mol. The zero-order valence-electron chi connectivity index (χ0n) is 17.5. The minimum atomic E-state index is -3.58. The Balaban J connectivity index is 1.51. The molecule has 0 aliphatic heterocycles. The second-order valence-corrected chi connectivity index (χ2v) is 12.3. The molecule has 4 saturated carbocycles. The van der Waals surface area contributed by atoms with Crippen molar-refractivity contribution in [3.8, 4) is 0 Å². The molecule has 6 heteroatoms. The second kappa shape index (κ2) is 7.05. The van der Waals surface area contributed by atoms with E-state index in [0.29, 0.717) is 29.1 Å².